The summed E-state index contributed by atoms with van der Waals surface area (Å²) in [4.78, 5) is 14.7. The molecule has 0 saturated carbocycles. The van der Waals surface area contributed by atoms with Crippen LogP contribution in [-0.4, -0.2) is 24.0 Å². The van der Waals surface area contributed by atoms with Gasteiger partial charge >= 0.3 is 0 Å². The van der Waals surface area contributed by atoms with E-state index in [1.165, 1.54) is 0 Å². The molecule has 1 amide bonds. The van der Waals surface area contributed by atoms with Crippen LogP contribution in [0.2, 0.25) is 0 Å². The average Bonchev–Trinajstić information content (AvgIpc) is 3.12. The second-order valence-electron chi connectivity index (χ2n) is 5.85. The molecule has 0 radical (unpaired) electrons. The predicted octanol–water partition coefficient (Wildman–Crippen LogP) is 3.93. The van der Waals surface area contributed by atoms with Gasteiger partial charge in [0.25, 0.3) is 5.91 Å². The van der Waals surface area contributed by atoms with Crippen molar-refractivity contribution in [1.29, 1.82) is 5.26 Å². The molecule has 2 aromatic rings. The van der Waals surface area contributed by atoms with Crippen LogP contribution in [0.5, 0.6) is 5.75 Å². The summed E-state index contributed by atoms with van der Waals surface area (Å²) in [7, 11) is 0. The fraction of sp³-hybridized carbons (Fsp3) is 0.300. The summed E-state index contributed by atoms with van der Waals surface area (Å²) in [5.41, 5.74) is 2.33. The number of hydrogen-bond donors (Lipinski definition) is 0. The molecule has 0 bridgehead atoms. The van der Waals surface area contributed by atoms with E-state index in [4.69, 9.17) is 10.00 Å². The van der Waals surface area contributed by atoms with Crippen molar-refractivity contribution in [1.82, 2.24) is 4.90 Å². The van der Waals surface area contributed by atoms with Crippen molar-refractivity contribution in [3.63, 3.8) is 0 Å². The van der Waals surface area contributed by atoms with Crippen LogP contribution in [0.25, 0.3) is 0 Å². The van der Waals surface area contributed by atoms with E-state index in [2.05, 4.69) is 6.07 Å². The Balaban J connectivity index is 1.79. The second-order valence-corrected chi connectivity index (χ2v) is 5.85. The Kier molecular flexibility index (Phi) is 4.81. The zero-order valence-corrected chi connectivity index (χ0v) is 13.7. The summed E-state index contributed by atoms with van der Waals surface area (Å²) in [6, 6.07) is 17.0. The highest BCUT2D eigenvalue weighted by Crippen LogP contribution is 2.33. The lowest BCUT2D eigenvalue weighted by atomic mass is 10.0. The molecular weight excluding hydrogens is 300 g/mol. The Bertz CT molecular complexity index is 745. The number of likely N-dealkylation sites (tertiary alicyclic amines) is 1. The molecule has 1 aliphatic heterocycles. The molecule has 1 atom stereocenters. The minimum absolute atomic E-state index is 0.0240. The number of nitriles is 1. The van der Waals surface area contributed by atoms with Crippen molar-refractivity contribution in [3.05, 3.63) is 65.2 Å². The first-order chi connectivity index (χ1) is 11.7. The predicted molar refractivity (Wildman–Crippen MR) is 91.8 cm³/mol. The van der Waals surface area contributed by atoms with E-state index in [9.17, 15) is 4.79 Å². The molecule has 2 aromatic carbocycles. The number of nitrogens with zero attached hydrogens (tertiary/aromatic N) is 2. The van der Waals surface area contributed by atoms with Crippen LogP contribution >= 0.6 is 0 Å². The van der Waals surface area contributed by atoms with Crippen LogP contribution in [0.1, 0.15) is 47.3 Å². The van der Waals surface area contributed by atoms with E-state index < -0.39 is 0 Å². The molecule has 0 aliphatic carbocycles. The van der Waals surface area contributed by atoms with Gasteiger partial charge in [-0.1, -0.05) is 12.1 Å². The van der Waals surface area contributed by atoms with Gasteiger partial charge in [0.05, 0.1) is 24.3 Å². The number of ether oxygens (including phenoxy) is 1. The number of rotatable bonds is 4. The largest absolute Gasteiger partial charge is 0.494 e. The molecule has 4 heteroatoms. The third-order valence-electron chi connectivity index (χ3n) is 4.35. The van der Waals surface area contributed by atoms with Gasteiger partial charge in [-0.25, -0.2) is 0 Å². The molecule has 0 aromatic heterocycles. The Morgan fingerprint density at radius 3 is 2.54 bits per heavy atom. The number of hydrogen-bond acceptors (Lipinski definition) is 3. The van der Waals surface area contributed by atoms with Crippen LogP contribution in [0.3, 0.4) is 0 Å². The van der Waals surface area contributed by atoms with E-state index >= 15 is 0 Å². The van der Waals surface area contributed by atoms with E-state index in [0.29, 0.717) is 17.7 Å². The van der Waals surface area contributed by atoms with E-state index in [1.54, 1.807) is 24.3 Å². The third kappa shape index (κ3) is 3.26. The highest BCUT2D eigenvalue weighted by molar-refractivity contribution is 5.94. The fourth-order valence-electron chi connectivity index (χ4n) is 3.16. The van der Waals surface area contributed by atoms with Gasteiger partial charge in [-0.2, -0.15) is 5.26 Å². The molecular formula is C20H20N2O2. The van der Waals surface area contributed by atoms with Crippen molar-refractivity contribution in [2.24, 2.45) is 0 Å². The molecule has 4 nitrogen and oxygen atoms in total. The second kappa shape index (κ2) is 7.18. The topological polar surface area (TPSA) is 53.3 Å². The molecule has 1 heterocycles. The van der Waals surface area contributed by atoms with Gasteiger partial charge in [-0.05, 0) is 61.7 Å². The molecule has 1 unspecified atom stereocenters. The molecule has 1 aliphatic rings. The van der Waals surface area contributed by atoms with Gasteiger partial charge in [0.1, 0.15) is 5.75 Å². The molecule has 24 heavy (non-hydrogen) atoms. The molecule has 122 valence electrons. The van der Waals surface area contributed by atoms with Crippen molar-refractivity contribution in [2.75, 3.05) is 13.2 Å². The summed E-state index contributed by atoms with van der Waals surface area (Å²) in [6.45, 7) is 3.37. The summed E-state index contributed by atoms with van der Waals surface area (Å²) >= 11 is 0. The maximum absolute atomic E-state index is 12.8. The minimum Gasteiger partial charge on any atom is -0.494 e. The standard InChI is InChI=1S/C20H20N2O2/c1-2-24-18-11-9-16(10-12-18)19-4-3-13-22(19)20(23)17-7-5-15(14-21)6-8-17/h5-12,19H,2-4,13H2,1H3. The number of amides is 1. The van der Waals surface area contributed by atoms with Crippen molar-refractivity contribution in [3.8, 4) is 11.8 Å². The van der Waals surface area contributed by atoms with Crippen LogP contribution in [-0.2, 0) is 0 Å². The van der Waals surface area contributed by atoms with Gasteiger partial charge in [0.2, 0.25) is 0 Å². The number of carbonyl (C=O) groups excluding carboxylic acids is 1. The minimum atomic E-state index is 0.0240. The van der Waals surface area contributed by atoms with E-state index in [-0.39, 0.29) is 11.9 Å². The van der Waals surface area contributed by atoms with E-state index in [0.717, 1.165) is 30.7 Å². The molecule has 1 fully saturated rings. The van der Waals surface area contributed by atoms with Gasteiger partial charge in [-0.3, -0.25) is 4.79 Å². The Morgan fingerprint density at radius 1 is 1.21 bits per heavy atom. The van der Waals surface area contributed by atoms with Crippen LogP contribution in [0.4, 0.5) is 0 Å². The Morgan fingerprint density at radius 2 is 1.92 bits per heavy atom. The van der Waals surface area contributed by atoms with Gasteiger partial charge in [-0.15, -0.1) is 0 Å². The molecule has 0 spiro atoms. The lowest BCUT2D eigenvalue weighted by molar-refractivity contribution is 0.0735. The van der Waals surface area contributed by atoms with Crippen LogP contribution < -0.4 is 4.74 Å². The van der Waals surface area contributed by atoms with Gasteiger partial charge in [0.15, 0.2) is 0 Å². The van der Waals surface area contributed by atoms with Crippen LogP contribution in [0.15, 0.2) is 48.5 Å². The number of carbonyl (C=O) groups is 1. The lowest BCUT2D eigenvalue weighted by Gasteiger charge is -2.25. The third-order valence-corrected chi connectivity index (χ3v) is 4.35. The van der Waals surface area contributed by atoms with Crippen molar-refractivity contribution >= 4 is 5.91 Å². The maximum Gasteiger partial charge on any atom is 0.254 e. The first-order valence-corrected chi connectivity index (χ1v) is 8.27. The monoisotopic (exact) mass is 320 g/mol. The van der Waals surface area contributed by atoms with Gasteiger partial charge in [0, 0.05) is 12.1 Å². The molecule has 0 N–H and O–H groups in total. The highest BCUT2D eigenvalue weighted by Gasteiger charge is 2.30. The molecule has 1 saturated heterocycles. The first-order valence-electron chi connectivity index (χ1n) is 8.27. The maximum atomic E-state index is 12.8. The zero-order chi connectivity index (χ0) is 16.9. The first kappa shape index (κ1) is 16.1. The summed E-state index contributed by atoms with van der Waals surface area (Å²) in [5.74, 6) is 0.875. The van der Waals surface area contributed by atoms with Crippen LogP contribution in [0, 0.1) is 11.3 Å². The Hall–Kier alpha value is -2.80. The SMILES string of the molecule is CCOc1ccc(C2CCCN2C(=O)c2ccc(C#N)cc2)cc1. The summed E-state index contributed by atoms with van der Waals surface area (Å²) < 4.78 is 5.48. The average molecular weight is 320 g/mol. The number of benzene rings is 2. The summed E-state index contributed by atoms with van der Waals surface area (Å²) in [5, 5.41) is 8.87. The smallest absolute Gasteiger partial charge is 0.254 e. The van der Waals surface area contributed by atoms with Gasteiger partial charge < -0.3 is 9.64 Å². The van der Waals surface area contributed by atoms with Crippen molar-refractivity contribution < 1.29 is 9.53 Å². The highest BCUT2D eigenvalue weighted by atomic mass is 16.5. The fourth-order valence-corrected chi connectivity index (χ4v) is 3.16. The lowest BCUT2D eigenvalue weighted by Crippen LogP contribution is -2.30. The normalized spacial score (nSPS) is 16.7. The summed E-state index contributed by atoms with van der Waals surface area (Å²) in [6.07, 6.45) is 1.97. The quantitative estimate of drug-likeness (QED) is 0.857. The van der Waals surface area contributed by atoms with E-state index in [1.807, 2.05) is 36.1 Å². The molecule has 3 rings (SSSR count). The van der Waals surface area contributed by atoms with Crippen molar-refractivity contribution in [2.45, 2.75) is 25.8 Å². The Labute approximate surface area is 142 Å². The zero-order valence-electron chi connectivity index (χ0n) is 13.7.